The second-order valence-electron chi connectivity index (χ2n) is 3.00. The van der Waals surface area contributed by atoms with Crippen LogP contribution in [0.3, 0.4) is 0 Å². The maximum Gasteiger partial charge on any atom is 0.307 e. The summed E-state index contributed by atoms with van der Waals surface area (Å²) in [7, 11) is 0. The van der Waals surface area contributed by atoms with E-state index in [1.807, 2.05) is 6.92 Å². The highest BCUT2D eigenvalue weighted by Gasteiger charge is 2.10. The lowest BCUT2D eigenvalue weighted by Gasteiger charge is -2.07. The van der Waals surface area contributed by atoms with E-state index in [2.05, 4.69) is 0 Å². The van der Waals surface area contributed by atoms with Crippen molar-refractivity contribution in [2.75, 3.05) is 0 Å². The molecule has 0 heterocycles. The number of aliphatic carboxylic acids is 1. The van der Waals surface area contributed by atoms with Crippen LogP contribution in [0.15, 0.2) is 12.1 Å². The predicted octanol–water partition coefficient (Wildman–Crippen LogP) is 2.24. The molecular weight excluding hydrogens is 204 g/mol. The molecule has 14 heavy (non-hydrogen) atoms. The van der Waals surface area contributed by atoms with Gasteiger partial charge in [-0.1, -0.05) is 18.5 Å². The Kier molecular flexibility index (Phi) is 3.36. The molecule has 0 bridgehead atoms. The summed E-state index contributed by atoms with van der Waals surface area (Å²) in [6.45, 7) is 1.87. The summed E-state index contributed by atoms with van der Waals surface area (Å²) in [5, 5.41) is 18.7. The third-order valence-electron chi connectivity index (χ3n) is 1.96. The molecule has 0 amide bonds. The summed E-state index contributed by atoms with van der Waals surface area (Å²) in [6.07, 6.45) is 0.415. The number of phenols is 1. The number of carboxylic acid groups (broad SMARTS) is 1. The summed E-state index contributed by atoms with van der Waals surface area (Å²) in [5.41, 5.74) is 1.04. The molecule has 0 atom stereocenters. The van der Waals surface area contributed by atoms with E-state index in [0.717, 1.165) is 0 Å². The average molecular weight is 215 g/mol. The lowest BCUT2D eigenvalue weighted by Crippen LogP contribution is -2.01. The largest absolute Gasteiger partial charge is 0.507 e. The van der Waals surface area contributed by atoms with Gasteiger partial charge < -0.3 is 10.2 Å². The van der Waals surface area contributed by atoms with Crippen LogP contribution in [0, 0.1) is 0 Å². The van der Waals surface area contributed by atoms with E-state index in [4.69, 9.17) is 16.7 Å². The quantitative estimate of drug-likeness (QED) is 0.811. The van der Waals surface area contributed by atoms with Crippen molar-refractivity contribution in [1.29, 1.82) is 0 Å². The Morgan fingerprint density at radius 2 is 2.00 bits per heavy atom. The van der Waals surface area contributed by atoms with Crippen molar-refractivity contribution in [3.05, 3.63) is 28.3 Å². The van der Waals surface area contributed by atoms with Gasteiger partial charge in [-0.15, -0.1) is 0 Å². The van der Waals surface area contributed by atoms with Crippen molar-refractivity contribution in [2.45, 2.75) is 19.8 Å². The summed E-state index contributed by atoms with van der Waals surface area (Å²) in [4.78, 5) is 10.5. The van der Waals surface area contributed by atoms with Crippen molar-refractivity contribution < 1.29 is 15.0 Å². The Bertz CT molecular complexity index is 361. The number of aryl methyl sites for hydroxylation is 1. The van der Waals surface area contributed by atoms with Crippen LogP contribution in [0.4, 0.5) is 0 Å². The first kappa shape index (κ1) is 10.9. The molecule has 0 aliphatic heterocycles. The smallest absolute Gasteiger partial charge is 0.307 e. The number of aromatic hydroxyl groups is 1. The maximum atomic E-state index is 10.5. The number of carboxylic acids is 1. The fourth-order valence-electron chi connectivity index (χ4n) is 1.28. The van der Waals surface area contributed by atoms with Crippen LogP contribution in [-0.2, 0) is 17.6 Å². The number of hydrogen-bond acceptors (Lipinski definition) is 2. The topological polar surface area (TPSA) is 57.5 Å². The van der Waals surface area contributed by atoms with E-state index in [9.17, 15) is 9.90 Å². The zero-order chi connectivity index (χ0) is 10.7. The average Bonchev–Trinajstić information content (AvgIpc) is 2.09. The first-order valence-corrected chi connectivity index (χ1v) is 4.64. The van der Waals surface area contributed by atoms with Gasteiger partial charge in [0, 0.05) is 10.6 Å². The second kappa shape index (κ2) is 4.33. The van der Waals surface area contributed by atoms with Gasteiger partial charge in [0.25, 0.3) is 0 Å². The van der Waals surface area contributed by atoms with E-state index < -0.39 is 5.97 Å². The van der Waals surface area contributed by atoms with Gasteiger partial charge in [-0.2, -0.15) is 0 Å². The Labute approximate surface area is 86.9 Å². The molecule has 2 N–H and O–H groups in total. The zero-order valence-electron chi connectivity index (χ0n) is 7.75. The normalized spacial score (nSPS) is 10.1. The van der Waals surface area contributed by atoms with E-state index in [-0.39, 0.29) is 12.2 Å². The maximum absolute atomic E-state index is 10.5. The van der Waals surface area contributed by atoms with Gasteiger partial charge >= 0.3 is 5.97 Å². The van der Waals surface area contributed by atoms with E-state index in [0.29, 0.717) is 22.6 Å². The monoisotopic (exact) mass is 214 g/mol. The van der Waals surface area contributed by atoms with E-state index in [1.165, 1.54) is 6.07 Å². The zero-order valence-corrected chi connectivity index (χ0v) is 8.51. The van der Waals surface area contributed by atoms with Gasteiger partial charge in [-0.3, -0.25) is 4.79 Å². The van der Waals surface area contributed by atoms with Crippen LogP contribution in [0.5, 0.6) is 5.75 Å². The molecule has 4 heteroatoms. The molecule has 0 spiro atoms. The fraction of sp³-hybridized carbons (Fsp3) is 0.300. The third kappa shape index (κ3) is 2.39. The van der Waals surface area contributed by atoms with Gasteiger partial charge in [0.15, 0.2) is 0 Å². The molecule has 0 fully saturated rings. The van der Waals surface area contributed by atoms with Crippen LogP contribution >= 0.6 is 11.6 Å². The number of phenolic OH excluding ortho intramolecular Hbond substituents is 1. The Hall–Kier alpha value is -1.22. The number of hydrogen-bond donors (Lipinski definition) is 2. The van der Waals surface area contributed by atoms with E-state index in [1.54, 1.807) is 6.07 Å². The molecule has 1 rings (SSSR count). The fourth-order valence-corrected chi connectivity index (χ4v) is 1.55. The van der Waals surface area contributed by atoms with E-state index >= 15 is 0 Å². The molecule has 0 aliphatic rings. The number of halogens is 1. The predicted molar refractivity (Wildman–Crippen MR) is 53.8 cm³/mol. The Morgan fingerprint density at radius 3 is 2.50 bits per heavy atom. The lowest BCUT2D eigenvalue weighted by molar-refractivity contribution is -0.136. The highest BCUT2D eigenvalue weighted by molar-refractivity contribution is 6.30. The van der Waals surface area contributed by atoms with Crippen molar-refractivity contribution in [3.8, 4) is 5.75 Å². The first-order valence-electron chi connectivity index (χ1n) is 4.26. The lowest BCUT2D eigenvalue weighted by atomic mass is 10.0. The van der Waals surface area contributed by atoms with Crippen LogP contribution < -0.4 is 0 Å². The number of carbonyl (C=O) groups is 1. The molecule has 0 unspecified atom stereocenters. The molecule has 0 aliphatic carbocycles. The van der Waals surface area contributed by atoms with Gasteiger partial charge in [-0.05, 0) is 24.1 Å². The van der Waals surface area contributed by atoms with Crippen molar-refractivity contribution >= 4 is 17.6 Å². The molecule has 0 radical (unpaired) electrons. The van der Waals surface area contributed by atoms with Crippen LogP contribution in [0.25, 0.3) is 0 Å². The minimum absolute atomic E-state index is 0.0410. The first-order chi connectivity index (χ1) is 6.54. The second-order valence-corrected chi connectivity index (χ2v) is 3.43. The molecule has 76 valence electrons. The molecule has 0 saturated carbocycles. The summed E-state index contributed by atoms with van der Waals surface area (Å²) >= 11 is 5.78. The van der Waals surface area contributed by atoms with Gasteiger partial charge in [0.05, 0.1) is 6.42 Å². The highest BCUT2D eigenvalue weighted by atomic mass is 35.5. The Balaban J connectivity index is 3.15. The minimum atomic E-state index is -0.982. The van der Waals surface area contributed by atoms with Crippen LogP contribution in [0.2, 0.25) is 5.02 Å². The highest BCUT2D eigenvalue weighted by Crippen LogP contribution is 2.27. The van der Waals surface area contributed by atoms with Gasteiger partial charge in [0.1, 0.15) is 5.75 Å². The van der Waals surface area contributed by atoms with Crippen molar-refractivity contribution in [3.63, 3.8) is 0 Å². The summed E-state index contributed by atoms with van der Waals surface area (Å²) in [5.74, 6) is -0.941. The van der Waals surface area contributed by atoms with Crippen molar-refractivity contribution in [2.24, 2.45) is 0 Å². The molecule has 1 aromatic carbocycles. The van der Waals surface area contributed by atoms with Gasteiger partial charge in [0.2, 0.25) is 0 Å². The standard InChI is InChI=1S/C10H11ClO3/c1-2-6-3-8(11)4-7(10(6)14)5-9(12)13/h3-4,14H,2,5H2,1H3,(H,12,13). The molecular formula is C10H11ClO3. The third-order valence-corrected chi connectivity index (χ3v) is 2.17. The molecule has 0 saturated heterocycles. The van der Waals surface area contributed by atoms with Crippen LogP contribution in [-0.4, -0.2) is 16.2 Å². The minimum Gasteiger partial charge on any atom is -0.507 e. The Morgan fingerprint density at radius 1 is 1.43 bits per heavy atom. The molecule has 1 aromatic rings. The number of rotatable bonds is 3. The molecule has 0 aromatic heterocycles. The van der Waals surface area contributed by atoms with Crippen LogP contribution in [0.1, 0.15) is 18.1 Å². The van der Waals surface area contributed by atoms with Gasteiger partial charge in [-0.25, -0.2) is 0 Å². The molecule has 3 nitrogen and oxygen atoms in total. The van der Waals surface area contributed by atoms with Crippen molar-refractivity contribution in [1.82, 2.24) is 0 Å². The number of benzene rings is 1. The summed E-state index contributed by atoms with van der Waals surface area (Å²) < 4.78 is 0. The SMILES string of the molecule is CCc1cc(Cl)cc(CC(=O)O)c1O. The summed E-state index contributed by atoms with van der Waals surface area (Å²) in [6, 6.07) is 3.12.